The van der Waals surface area contributed by atoms with Crippen LogP contribution in [0, 0.1) is 0 Å². The van der Waals surface area contributed by atoms with Gasteiger partial charge in [0.05, 0.1) is 0 Å². The van der Waals surface area contributed by atoms with E-state index in [0.29, 0.717) is 6.04 Å². The van der Waals surface area contributed by atoms with Crippen molar-refractivity contribution >= 4 is 21.3 Å². The van der Waals surface area contributed by atoms with Gasteiger partial charge in [-0.05, 0) is 0 Å². The normalized spacial score (nSPS) is 10.7. The molecule has 0 N–H and O–H groups in total. The average molecular weight is 185 g/mol. The molecule has 0 saturated heterocycles. The molecular formula is C5H8AsN3. The predicted octanol–water partition coefficient (Wildman–Crippen LogP) is -0.347. The number of aromatic nitrogens is 3. The number of hydrogen-bond acceptors (Lipinski definition) is 2. The average Bonchev–Trinajstić information content (AvgIpc) is 2.13. The van der Waals surface area contributed by atoms with Crippen molar-refractivity contribution in [1.29, 1.82) is 0 Å². The van der Waals surface area contributed by atoms with Crippen molar-refractivity contribution in [3.63, 3.8) is 0 Å². The molecule has 0 aliphatic heterocycles. The molecule has 0 atom stereocenters. The first-order chi connectivity index (χ1) is 4.22. The van der Waals surface area contributed by atoms with Crippen LogP contribution < -0.4 is 4.48 Å². The van der Waals surface area contributed by atoms with Gasteiger partial charge in [-0.2, -0.15) is 0 Å². The maximum atomic E-state index is 3.87. The molecule has 2 radical (unpaired) electrons. The van der Waals surface area contributed by atoms with Gasteiger partial charge in [0.1, 0.15) is 0 Å². The molecular weight excluding hydrogens is 177 g/mol. The first-order valence-electron chi connectivity index (χ1n) is 2.81. The van der Waals surface area contributed by atoms with Crippen molar-refractivity contribution in [3.05, 3.63) is 6.20 Å². The molecule has 4 heteroatoms. The van der Waals surface area contributed by atoms with E-state index in [1.54, 1.807) is 6.20 Å². The Morgan fingerprint density at radius 1 is 1.67 bits per heavy atom. The minimum atomic E-state index is 0.408. The van der Waals surface area contributed by atoms with Crippen LogP contribution in [0.15, 0.2) is 6.20 Å². The second-order valence-electron chi connectivity index (χ2n) is 2.13. The Kier molecular flexibility index (Phi) is 1.91. The number of nitrogens with zero attached hydrogens (tertiary/aromatic N) is 3. The topological polar surface area (TPSA) is 30.7 Å². The molecule has 0 bridgehead atoms. The molecule has 0 aromatic carbocycles. The minimum absolute atomic E-state index is 0.408. The van der Waals surface area contributed by atoms with Crippen molar-refractivity contribution in [2.75, 3.05) is 0 Å². The van der Waals surface area contributed by atoms with Crippen molar-refractivity contribution in [3.8, 4) is 0 Å². The van der Waals surface area contributed by atoms with Crippen LogP contribution in [0.4, 0.5) is 0 Å². The Morgan fingerprint density at radius 2 is 2.33 bits per heavy atom. The molecule has 1 aromatic rings. The van der Waals surface area contributed by atoms with Crippen LogP contribution in [0.2, 0.25) is 0 Å². The summed E-state index contributed by atoms with van der Waals surface area (Å²) in [5, 5.41) is 7.61. The van der Waals surface area contributed by atoms with Crippen LogP contribution in [-0.4, -0.2) is 31.8 Å². The van der Waals surface area contributed by atoms with Gasteiger partial charge >= 0.3 is 62.4 Å². The Morgan fingerprint density at radius 3 is 2.56 bits per heavy atom. The summed E-state index contributed by atoms with van der Waals surface area (Å²) in [6.07, 6.45) is 1.74. The Bertz CT molecular complexity index is 194. The van der Waals surface area contributed by atoms with E-state index in [2.05, 4.69) is 41.0 Å². The Hall–Kier alpha value is -0.302. The molecule has 0 spiro atoms. The third-order valence-electron chi connectivity index (χ3n) is 1.05. The van der Waals surface area contributed by atoms with Gasteiger partial charge in [-0.25, -0.2) is 0 Å². The van der Waals surface area contributed by atoms with E-state index in [-0.39, 0.29) is 0 Å². The molecule has 0 saturated carbocycles. The van der Waals surface area contributed by atoms with Crippen LogP contribution in [0.3, 0.4) is 0 Å². The summed E-state index contributed by atoms with van der Waals surface area (Å²) >= 11 is 2.43. The summed E-state index contributed by atoms with van der Waals surface area (Å²) in [6, 6.07) is 0.408. The predicted molar refractivity (Wildman–Crippen MR) is 35.8 cm³/mol. The SMILES string of the molecule is CC(C)n1nncc1[As]. The molecule has 3 nitrogen and oxygen atoms in total. The molecule has 1 aromatic heterocycles. The summed E-state index contributed by atoms with van der Waals surface area (Å²) in [4.78, 5) is 0. The van der Waals surface area contributed by atoms with E-state index in [1.807, 2.05) is 4.68 Å². The van der Waals surface area contributed by atoms with Crippen LogP contribution >= 0.6 is 0 Å². The van der Waals surface area contributed by atoms with E-state index < -0.39 is 0 Å². The molecule has 0 aliphatic rings. The van der Waals surface area contributed by atoms with Gasteiger partial charge in [-0.15, -0.1) is 0 Å². The Labute approximate surface area is 62.9 Å². The van der Waals surface area contributed by atoms with E-state index in [1.165, 1.54) is 0 Å². The van der Waals surface area contributed by atoms with Crippen LogP contribution in [-0.2, 0) is 0 Å². The van der Waals surface area contributed by atoms with Crippen molar-refractivity contribution in [1.82, 2.24) is 15.0 Å². The fraction of sp³-hybridized carbons (Fsp3) is 0.600. The summed E-state index contributed by atoms with van der Waals surface area (Å²) < 4.78 is 2.91. The van der Waals surface area contributed by atoms with E-state index in [9.17, 15) is 0 Å². The summed E-state index contributed by atoms with van der Waals surface area (Å²) in [5.41, 5.74) is 0. The van der Waals surface area contributed by atoms with Gasteiger partial charge in [0.2, 0.25) is 0 Å². The van der Waals surface area contributed by atoms with Gasteiger partial charge in [-0.1, -0.05) is 0 Å². The summed E-state index contributed by atoms with van der Waals surface area (Å²) in [5.74, 6) is 0. The van der Waals surface area contributed by atoms with Crippen LogP contribution in [0.5, 0.6) is 0 Å². The second-order valence-corrected chi connectivity index (χ2v) is 3.09. The Balaban J connectivity index is 2.94. The number of rotatable bonds is 1. The first-order valence-corrected chi connectivity index (χ1v) is 3.75. The fourth-order valence-corrected chi connectivity index (χ4v) is 1.28. The summed E-state index contributed by atoms with van der Waals surface area (Å²) in [7, 11) is 0. The first kappa shape index (κ1) is 6.81. The maximum absolute atomic E-state index is 3.87. The zero-order valence-corrected chi connectivity index (χ0v) is 7.32. The quantitative estimate of drug-likeness (QED) is 0.560. The zero-order chi connectivity index (χ0) is 6.85. The summed E-state index contributed by atoms with van der Waals surface area (Å²) in [6.45, 7) is 4.15. The van der Waals surface area contributed by atoms with Gasteiger partial charge < -0.3 is 0 Å². The van der Waals surface area contributed by atoms with E-state index in [0.717, 1.165) is 4.48 Å². The molecule has 1 rings (SSSR count). The van der Waals surface area contributed by atoms with Gasteiger partial charge in [0.15, 0.2) is 0 Å². The van der Waals surface area contributed by atoms with Crippen LogP contribution in [0.25, 0.3) is 0 Å². The monoisotopic (exact) mass is 185 g/mol. The van der Waals surface area contributed by atoms with Gasteiger partial charge in [0.25, 0.3) is 0 Å². The zero-order valence-electron chi connectivity index (χ0n) is 5.44. The molecule has 48 valence electrons. The van der Waals surface area contributed by atoms with Gasteiger partial charge in [-0.3, -0.25) is 0 Å². The molecule has 0 amide bonds. The van der Waals surface area contributed by atoms with Gasteiger partial charge in [0, 0.05) is 0 Å². The molecule has 9 heavy (non-hydrogen) atoms. The second kappa shape index (κ2) is 2.52. The molecule has 0 fully saturated rings. The third kappa shape index (κ3) is 1.33. The fourth-order valence-electron chi connectivity index (χ4n) is 0.606. The molecule has 1 heterocycles. The van der Waals surface area contributed by atoms with E-state index in [4.69, 9.17) is 0 Å². The van der Waals surface area contributed by atoms with Crippen molar-refractivity contribution in [2.45, 2.75) is 19.9 Å². The number of hydrogen-bond donors (Lipinski definition) is 0. The van der Waals surface area contributed by atoms with Crippen molar-refractivity contribution in [2.24, 2.45) is 0 Å². The van der Waals surface area contributed by atoms with Crippen LogP contribution in [0.1, 0.15) is 19.9 Å². The van der Waals surface area contributed by atoms with E-state index >= 15 is 0 Å². The standard InChI is InChI=1S/C5H8AsN3/c1-4(2)9-5(6)3-7-8-9/h3-4H,1-2H3. The molecule has 0 aliphatic carbocycles. The molecule has 0 unspecified atom stereocenters. The third-order valence-corrected chi connectivity index (χ3v) is 1.72. The van der Waals surface area contributed by atoms with Crippen molar-refractivity contribution < 1.29 is 0 Å².